The SMILES string of the molecule is O=C(CCC(=O)OC1=NCCS1)OC1=NCCS1. The molecule has 98 valence electrons. The normalized spacial score (nSPS) is 18.2. The molecule has 2 aliphatic rings. The highest BCUT2D eigenvalue weighted by Gasteiger charge is 2.17. The number of nitrogens with zero attached hydrogens (tertiary/aromatic N) is 2. The molecule has 2 heterocycles. The van der Waals surface area contributed by atoms with Gasteiger partial charge in [-0.3, -0.25) is 9.59 Å². The molecule has 0 bridgehead atoms. The van der Waals surface area contributed by atoms with E-state index in [2.05, 4.69) is 9.98 Å². The fraction of sp³-hybridized carbons (Fsp3) is 0.600. The molecule has 0 aromatic carbocycles. The molecule has 0 atom stereocenters. The Bertz CT molecular complexity index is 371. The molecule has 0 saturated carbocycles. The van der Waals surface area contributed by atoms with Gasteiger partial charge in [0.1, 0.15) is 0 Å². The number of carbonyl (C=O) groups excluding carboxylic acids is 2. The largest absolute Gasteiger partial charge is 0.401 e. The molecule has 18 heavy (non-hydrogen) atoms. The van der Waals surface area contributed by atoms with Crippen LogP contribution in [0.15, 0.2) is 9.98 Å². The molecule has 0 aliphatic carbocycles. The Morgan fingerprint density at radius 2 is 1.39 bits per heavy atom. The van der Waals surface area contributed by atoms with Crippen LogP contribution in [0.2, 0.25) is 0 Å². The first-order valence-electron chi connectivity index (χ1n) is 5.50. The summed E-state index contributed by atoms with van der Waals surface area (Å²) in [6.45, 7) is 1.35. The van der Waals surface area contributed by atoms with Crippen molar-refractivity contribution in [3.8, 4) is 0 Å². The lowest BCUT2D eigenvalue weighted by atomic mass is 10.3. The van der Waals surface area contributed by atoms with Gasteiger partial charge in [-0.15, -0.1) is 0 Å². The minimum atomic E-state index is -0.457. The van der Waals surface area contributed by atoms with Crippen LogP contribution in [0.25, 0.3) is 0 Å². The van der Waals surface area contributed by atoms with Crippen LogP contribution in [-0.2, 0) is 19.1 Å². The summed E-state index contributed by atoms with van der Waals surface area (Å²) in [7, 11) is 0. The maximum atomic E-state index is 11.4. The number of aliphatic imine (C=N–C) groups is 2. The number of rotatable bonds is 3. The predicted molar refractivity (Wildman–Crippen MR) is 70.9 cm³/mol. The number of ether oxygens (including phenoxy) is 2. The van der Waals surface area contributed by atoms with Gasteiger partial charge >= 0.3 is 11.9 Å². The van der Waals surface area contributed by atoms with Crippen molar-refractivity contribution < 1.29 is 19.1 Å². The molecule has 0 amide bonds. The highest BCUT2D eigenvalue weighted by molar-refractivity contribution is 8.14. The molecule has 0 unspecified atom stereocenters. The van der Waals surface area contributed by atoms with Crippen molar-refractivity contribution in [3.63, 3.8) is 0 Å². The summed E-state index contributed by atoms with van der Waals surface area (Å²) in [6, 6.07) is 0. The van der Waals surface area contributed by atoms with Gasteiger partial charge in [-0.2, -0.15) is 0 Å². The summed E-state index contributed by atoms with van der Waals surface area (Å²) < 4.78 is 9.93. The first-order chi connectivity index (χ1) is 8.74. The zero-order valence-electron chi connectivity index (χ0n) is 9.59. The Kier molecular flexibility index (Phi) is 5.06. The molecular formula is C10H12N2O4S2. The smallest absolute Gasteiger partial charge is 0.313 e. The van der Waals surface area contributed by atoms with Crippen LogP contribution in [0.5, 0.6) is 0 Å². The van der Waals surface area contributed by atoms with Crippen molar-refractivity contribution in [3.05, 3.63) is 0 Å². The Balaban J connectivity index is 1.64. The fourth-order valence-electron chi connectivity index (χ4n) is 1.26. The molecule has 6 nitrogen and oxygen atoms in total. The van der Waals surface area contributed by atoms with E-state index in [9.17, 15) is 9.59 Å². The van der Waals surface area contributed by atoms with E-state index in [1.807, 2.05) is 0 Å². The van der Waals surface area contributed by atoms with Gasteiger partial charge in [0.15, 0.2) is 0 Å². The summed E-state index contributed by atoms with van der Waals surface area (Å²) in [6.07, 6.45) is -0.00722. The first kappa shape index (κ1) is 13.4. The maximum Gasteiger partial charge on any atom is 0.313 e. The van der Waals surface area contributed by atoms with Gasteiger partial charge in [0.2, 0.25) is 0 Å². The standard InChI is InChI=1S/C10H12N2O4S2/c13-7(15-9-11-3-5-17-9)1-2-8(14)16-10-12-4-6-18-10/h1-6H2. The van der Waals surface area contributed by atoms with Crippen molar-refractivity contribution in [2.45, 2.75) is 12.8 Å². The summed E-state index contributed by atoms with van der Waals surface area (Å²) in [4.78, 5) is 30.7. The van der Waals surface area contributed by atoms with Crippen LogP contribution >= 0.6 is 23.5 Å². The number of esters is 2. The van der Waals surface area contributed by atoms with Crippen LogP contribution in [0.1, 0.15) is 12.8 Å². The van der Waals surface area contributed by atoms with E-state index < -0.39 is 11.9 Å². The highest BCUT2D eigenvalue weighted by atomic mass is 32.2. The maximum absolute atomic E-state index is 11.4. The second-order valence-electron chi connectivity index (χ2n) is 3.44. The van der Waals surface area contributed by atoms with Crippen molar-refractivity contribution >= 4 is 45.9 Å². The van der Waals surface area contributed by atoms with Crippen LogP contribution in [0, 0.1) is 0 Å². The summed E-state index contributed by atoms with van der Waals surface area (Å²) >= 11 is 2.80. The van der Waals surface area contributed by atoms with E-state index in [-0.39, 0.29) is 12.8 Å². The fourth-order valence-corrected chi connectivity index (χ4v) is 2.64. The third-order valence-corrected chi connectivity index (χ3v) is 3.74. The lowest BCUT2D eigenvalue weighted by Crippen LogP contribution is -2.13. The van der Waals surface area contributed by atoms with Crippen LogP contribution in [0.3, 0.4) is 0 Å². The second-order valence-corrected chi connectivity index (χ2v) is 5.53. The van der Waals surface area contributed by atoms with Crippen molar-refractivity contribution in [1.29, 1.82) is 0 Å². The first-order valence-corrected chi connectivity index (χ1v) is 7.47. The average molecular weight is 288 g/mol. The number of hydrogen-bond donors (Lipinski definition) is 0. The van der Waals surface area contributed by atoms with E-state index in [1.165, 1.54) is 23.5 Å². The number of hydrogen-bond acceptors (Lipinski definition) is 8. The van der Waals surface area contributed by atoms with Gasteiger partial charge in [0.25, 0.3) is 10.5 Å². The minimum absolute atomic E-state index is 0.00361. The topological polar surface area (TPSA) is 77.3 Å². The van der Waals surface area contributed by atoms with E-state index >= 15 is 0 Å². The molecule has 8 heteroatoms. The van der Waals surface area contributed by atoms with Crippen LogP contribution in [-0.4, -0.2) is 47.0 Å². The zero-order valence-corrected chi connectivity index (χ0v) is 11.2. The quantitative estimate of drug-likeness (QED) is 0.723. The Hall–Kier alpha value is -1.02. The molecule has 0 radical (unpaired) electrons. The molecule has 0 spiro atoms. The molecule has 0 aromatic heterocycles. The zero-order chi connectivity index (χ0) is 12.8. The predicted octanol–water partition coefficient (Wildman–Crippen LogP) is 1.06. The molecule has 2 rings (SSSR count). The molecule has 0 saturated heterocycles. The van der Waals surface area contributed by atoms with E-state index in [4.69, 9.17) is 9.47 Å². The van der Waals surface area contributed by atoms with Gasteiger partial charge in [-0.05, 0) is 0 Å². The summed E-state index contributed by atoms with van der Waals surface area (Å²) in [5.41, 5.74) is 0. The Labute approximate surface area is 113 Å². The van der Waals surface area contributed by atoms with Crippen LogP contribution in [0.4, 0.5) is 0 Å². The lowest BCUT2D eigenvalue weighted by molar-refractivity contribution is -0.141. The average Bonchev–Trinajstić information content (AvgIpc) is 2.99. The number of carbonyl (C=O) groups is 2. The molecule has 0 fully saturated rings. The van der Waals surface area contributed by atoms with Gasteiger partial charge < -0.3 is 9.47 Å². The molecule has 0 aromatic rings. The minimum Gasteiger partial charge on any atom is -0.401 e. The second kappa shape index (κ2) is 6.79. The van der Waals surface area contributed by atoms with E-state index in [0.717, 1.165) is 11.5 Å². The van der Waals surface area contributed by atoms with Crippen molar-refractivity contribution in [2.24, 2.45) is 9.98 Å². The summed E-state index contributed by atoms with van der Waals surface area (Å²) in [5, 5.41) is 0.785. The molecule has 2 aliphatic heterocycles. The Morgan fingerprint density at radius 1 is 0.944 bits per heavy atom. The van der Waals surface area contributed by atoms with E-state index in [1.54, 1.807) is 0 Å². The van der Waals surface area contributed by atoms with Gasteiger partial charge in [-0.1, -0.05) is 23.5 Å². The third kappa shape index (κ3) is 4.34. The van der Waals surface area contributed by atoms with Gasteiger partial charge in [-0.25, -0.2) is 9.98 Å². The molecule has 0 N–H and O–H groups in total. The third-order valence-electron chi connectivity index (χ3n) is 2.05. The Morgan fingerprint density at radius 3 is 1.72 bits per heavy atom. The summed E-state index contributed by atoms with van der Waals surface area (Å²) in [5.74, 6) is 0.755. The lowest BCUT2D eigenvalue weighted by Gasteiger charge is -2.03. The van der Waals surface area contributed by atoms with Crippen LogP contribution < -0.4 is 0 Å². The van der Waals surface area contributed by atoms with Gasteiger partial charge in [0, 0.05) is 11.5 Å². The number of thioether (sulfide) groups is 2. The monoisotopic (exact) mass is 288 g/mol. The highest BCUT2D eigenvalue weighted by Crippen LogP contribution is 2.15. The van der Waals surface area contributed by atoms with E-state index in [0.29, 0.717) is 23.5 Å². The van der Waals surface area contributed by atoms with Crippen molar-refractivity contribution in [2.75, 3.05) is 24.6 Å². The molecular weight excluding hydrogens is 276 g/mol. The van der Waals surface area contributed by atoms with Gasteiger partial charge in [0.05, 0.1) is 25.9 Å². The van der Waals surface area contributed by atoms with Crippen molar-refractivity contribution in [1.82, 2.24) is 0 Å².